The van der Waals surface area contributed by atoms with Crippen molar-refractivity contribution in [3.05, 3.63) is 0 Å². The predicted molar refractivity (Wildman–Crippen MR) is 200 cm³/mol. The third-order valence-corrected chi connectivity index (χ3v) is 10.2. The summed E-state index contributed by atoms with van der Waals surface area (Å²) in [6.45, 7) is 9.65. The molecule has 0 fully saturated rings. The lowest BCUT2D eigenvalue weighted by Crippen LogP contribution is -3.00. The summed E-state index contributed by atoms with van der Waals surface area (Å²) in [4.78, 5) is 12.4. The maximum absolute atomic E-state index is 12.4. The van der Waals surface area contributed by atoms with Crippen molar-refractivity contribution in [2.45, 2.75) is 232 Å². The van der Waals surface area contributed by atoms with E-state index in [9.17, 15) is 4.79 Å². The normalized spacial score (nSPS) is 14.5. The van der Waals surface area contributed by atoms with E-state index in [1.165, 1.54) is 192 Å². The molecule has 0 radical (unpaired) electrons. The quantitative estimate of drug-likeness (QED) is 0.0523. The molecule has 46 heavy (non-hydrogen) atoms. The lowest BCUT2D eigenvalue weighted by molar-refractivity contribution is -0.550. The fraction of sp³-hybridized carbons (Fsp3) is 0.951. The van der Waals surface area contributed by atoms with Gasteiger partial charge in [-0.15, -0.1) is 0 Å². The molecule has 5 heteroatoms. The Morgan fingerprint density at radius 2 is 0.935 bits per heavy atom. The monoisotopic (exact) mass is 668 g/mol. The van der Waals surface area contributed by atoms with Gasteiger partial charge in [-0.1, -0.05) is 194 Å². The van der Waals surface area contributed by atoms with Gasteiger partial charge in [0.05, 0.1) is 6.54 Å². The van der Waals surface area contributed by atoms with Gasteiger partial charge < -0.3 is 17.7 Å². The van der Waals surface area contributed by atoms with Gasteiger partial charge in [-0.3, -0.25) is 14.7 Å². The predicted octanol–water partition coefficient (Wildman–Crippen LogP) is 9.03. The Hall–Kier alpha value is -0.770. The molecule has 1 heterocycles. The zero-order valence-corrected chi connectivity index (χ0v) is 32.3. The van der Waals surface area contributed by atoms with Crippen LogP contribution in [0.4, 0.5) is 0 Å². The summed E-state index contributed by atoms with van der Waals surface area (Å²) in [7, 11) is 0. The lowest BCUT2D eigenvalue weighted by Gasteiger charge is -2.10. The third-order valence-electron chi connectivity index (χ3n) is 10.2. The van der Waals surface area contributed by atoms with Crippen LogP contribution in [0.15, 0.2) is 0 Å². The van der Waals surface area contributed by atoms with E-state index < -0.39 is 0 Å². The minimum atomic E-state index is 0. The summed E-state index contributed by atoms with van der Waals surface area (Å²) < 4.78 is 2.51. The van der Waals surface area contributed by atoms with Crippen LogP contribution >= 0.6 is 0 Å². The second-order valence-corrected chi connectivity index (χ2v) is 14.6. The van der Waals surface area contributed by atoms with Crippen molar-refractivity contribution < 1.29 is 21.8 Å². The molecule has 0 aromatic heterocycles. The Morgan fingerprint density at radius 3 is 1.33 bits per heavy atom. The molecule has 0 saturated heterocycles. The van der Waals surface area contributed by atoms with E-state index in [0.29, 0.717) is 12.5 Å². The van der Waals surface area contributed by atoms with Crippen LogP contribution in [0.1, 0.15) is 226 Å². The Kier molecular flexibility index (Phi) is 34.9. The van der Waals surface area contributed by atoms with Gasteiger partial charge in [-0.05, 0) is 19.8 Å². The highest BCUT2D eigenvalue weighted by Gasteiger charge is 2.26. The van der Waals surface area contributed by atoms with E-state index in [0.717, 1.165) is 32.5 Å². The Bertz CT molecular complexity index is 683. The van der Waals surface area contributed by atoms with Gasteiger partial charge in [0.2, 0.25) is 11.7 Å². The van der Waals surface area contributed by atoms with Crippen molar-refractivity contribution >= 4 is 11.7 Å². The second-order valence-electron chi connectivity index (χ2n) is 14.6. The van der Waals surface area contributed by atoms with Crippen LogP contribution in [0.5, 0.6) is 0 Å². The maximum atomic E-state index is 12.4. The summed E-state index contributed by atoms with van der Waals surface area (Å²) in [6.07, 6.45) is 43.6. The smallest absolute Gasteiger partial charge is 0.245 e. The largest absolute Gasteiger partial charge is 1.00 e. The van der Waals surface area contributed by atoms with Crippen LogP contribution in [0, 0.1) is 0 Å². The van der Waals surface area contributed by atoms with E-state index in [-0.39, 0.29) is 18.3 Å². The number of amidine groups is 1. The molecule has 0 aliphatic carbocycles. The molecule has 0 spiro atoms. The summed E-state index contributed by atoms with van der Waals surface area (Å²) in [5, 5.41) is 6.86. The molecular weight excluding hydrogens is 586 g/mol. The van der Waals surface area contributed by atoms with Gasteiger partial charge in [0.25, 0.3) is 0 Å². The second kappa shape index (κ2) is 35.5. The van der Waals surface area contributed by atoms with Crippen LogP contribution in [0.2, 0.25) is 0 Å². The van der Waals surface area contributed by atoms with Crippen molar-refractivity contribution in [3.63, 3.8) is 0 Å². The Balaban J connectivity index is 0.0000202. The van der Waals surface area contributed by atoms with E-state index in [1.807, 2.05) is 0 Å². The number of amides is 1. The van der Waals surface area contributed by atoms with Crippen molar-refractivity contribution in [2.24, 2.45) is 0 Å². The molecule has 0 bridgehead atoms. The third kappa shape index (κ3) is 28.3. The number of carbonyl (C=O) groups excluding carboxylic acids is 1. The average Bonchev–Trinajstić information content (AvgIpc) is 3.39. The molecule has 1 aliphatic rings. The highest BCUT2D eigenvalue weighted by molar-refractivity contribution is 5.78. The SMILES string of the molecule is CCCCCCCCCCCCCCCCCC(=O)NCC[N+]1=C(CCCCCCCCCCCCCCCCC)NCC1C.[Cl-]. The molecule has 1 aliphatic heterocycles. The molecule has 274 valence electrons. The zero-order valence-electron chi connectivity index (χ0n) is 31.6. The van der Waals surface area contributed by atoms with Crippen LogP contribution in [0.3, 0.4) is 0 Å². The van der Waals surface area contributed by atoms with Gasteiger partial charge in [0, 0.05) is 12.8 Å². The minimum Gasteiger partial charge on any atom is -1.00 e. The molecule has 1 rings (SSSR count). The van der Waals surface area contributed by atoms with Crippen molar-refractivity contribution in [1.82, 2.24) is 10.6 Å². The fourth-order valence-corrected chi connectivity index (χ4v) is 7.06. The molecule has 1 atom stereocenters. The average molecular weight is 669 g/mol. The number of halogens is 1. The number of unbranched alkanes of at least 4 members (excludes halogenated alkanes) is 28. The molecule has 1 unspecified atom stereocenters. The van der Waals surface area contributed by atoms with Crippen molar-refractivity contribution in [2.75, 3.05) is 19.6 Å². The van der Waals surface area contributed by atoms with E-state index >= 15 is 0 Å². The topological polar surface area (TPSA) is 44.1 Å². The van der Waals surface area contributed by atoms with Gasteiger partial charge in [0.1, 0.15) is 19.1 Å². The summed E-state index contributed by atoms with van der Waals surface area (Å²) in [5.74, 6) is 1.65. The fourth-order valence-electron chi connectivity index (χ4n) is 7.06. The Labute approximate surface area is 295 Å². The molecule has 0 aromatic rings. The van der Waals surface area contributed by atoms with Crippen LogP contribution in [-0.4, -0.2) is 42.0 Å². The summed E-state index contributed by atoms with van der Waals surface area (Å²) in [6, 6.07) is 0.531. The number of hydrogen-bond acceptors (Lipinski definition) is 2. The highest BCUT2D eigenvalue weighted by Crippen LogP contribution is 2.15. The number of carbonyl (C=O) groups is 1. The standard InChI is InChI=1S/C41H81N3O.ClH/c1-4-6-8-10-12-14-16-18-20-22-24-26-28-30-32-34-40-43-38-39(3)44(40)37-36-42-41(45)35-33-31-29-27-25-23-21-19-17-15-13-11-9-7-5-2;/h39H,4-38H2,1-3H3,(H,42,45);1H. The van der Waals surface area contributed by atoms with E-state index in [1.54, 1.807) is 0 Å². The van der Waals surface area contributed by atoms with Crippen LogP contribution < -0.4 is 23.0 Å². The number of nitrogens with zero attached hydrogens (tertiary/aromatic N) is 1. The van der Waals surface area contributed by atoms with Gasteiger partial charge in [-0.2, -0.15) is 0 Å². The van der Waals surface area contributed by atoms with Crippen LogP contribution in [-0.2, 0) is 4.79 Å². The lowest BCUT2D eigenvalue weighted by atomic mass is 10.0. The molecule has 0 saturated carbocycles. The minimum absolute atomic E-state index is 0. The zero-order chi connectivity index (χ0) is 32.5. The molecule has 0 aromatic carbocycles. The van der Waals surface area contributed by atoms with E-state index in [4.69, 9.17) is 0 Å². The molecular formula is C41H82ClN3O. The number of hydrogen-bond donors (Lipinski definition) is 2. The first-order chi connectivity index (χ1) is 22.2. The highest BCUT2D eigenvalue weighted by atomic mass is 35.5. The first-order valence-corrected chi connectivity index (χ1v) is 20.8. The summed E-state index contributed by atoms with van der Waals surface area (Å²) in [5.41, 5.74) is 0. The summed E-state index contributed by atoms with van der Waals surface area (Å²) >= 11 is 0. The van der Waals surface area contributed by atoms with E-state index in [2.05, 4.69) is 36.0 Å². The molecule has 1 amide bonds. The molecule has 4 nitrogen and oxygen atoms in total. The Morgan fingerprint density at radius 1 is 0.587 bits per heavy atom. The van der Waals surface area contributed by atoms with Crippen molar-refractivity contribution in [3.8, 4) is 0 Å². The van der Waals surface area contributed by atoms with Gasteiger partial charge >= 0.3 is 0 Å². The van der Waals surface area contributed by atoms with Crippen molar-refractivity contribution in [1.29, 1.82) is 0 Å². The number of nitrogens with one attached hydrogen (secondary N) is 2. The van der Waals surface area contributed by atoms with Crippen LogP contribution in [0.25, 0.3) is 0 Å². The first-order valence-electron chi connectivity index (χ1n) is 20.8. The molecule has 2 N–H and O–H groups in total. The maximum Gasteiger partial charge on any atom is 0.245 e. The van der Waals surface area contributed by atoms with Gasteiger partial charge in [-0.25, -0.2) is 0 Å². The number of rotatable bonds is 35. The first kappa shape index (κ1) is 45.2. The van der Waals surface area contributed by atoms with Gasteiger partial charge in [0.15, 0.2) is 0 Å².